The molecule has 0 aliphatic heterocycles. The van der Waals surface area contributed by atoms with E-state index in [1.165, 1.54) is 11.8 Å². The molecule has 0 radical (unpaired) electrons. The molecule has 0 aliphatic carbocycles. The molecular formula is C21H18N4O3S. The number of benzene rings is 2. The number of carbonyl (C=O) groups excluding carboxylic acids is 2. The molecule has 29 heavy (non-hydrogen) atoms. The minimum absolute atomic E-state index is 0.276. The molecule has 0 saturated heterocycles. The standard InChI is InChI=1S/C21H18N4O3S/c22-10-13-29-19-5-2-1-4-18(19)24-20(26)15-28-21(27)17-8-6-16(7-9-17)14-25-12-3-11-23-25/h1-9,11-12H,13-15H2,(H,24,26). The molecule has 0 bridgehead atoms. The lowest BCUT2D eigenvalue weighted by atomic mass is 10.1. The highest BCUT2D eigenvalue weighted by atomic mass is 32.2. The first-order valence-corrected chi connectivity index (χ1v) is 9.76. The Bertz CT molecular complexity index is 1010. The Morgan fingerprint density at radius 2 is 1.93 bits per heavy atom. The van der Waals surface area contributed by atoms with Crippen LogP contribution in [-0.4, -0.2) is 34.0 Å². The molecule has 0 atom stereocenters. The van der Waals surface area contributed by atoms with Crippen LogP contribution < -0.4 is 5.32 Å². The average Bonchev–Trinajstić information content (AvgIpc) is 3.25. The van der Waals surface area contributed by atoms with Gasteiger partial charge in [0.1, 0.15) is 0 Å². The predicted molar refractivity (Wildman–Crippen MR) is 109 cm³/mol. The molecule has 0 fully saturated rings. The summed E-state index contributed by atoms with van der Waals surface area (Å²) in [6.07, 6.45) is 3.56. The van der Waals surface area contributed by atoms with Crippen LogP contribution in [0.2, 0.25) is 0 Å². The highest BCUT2D eigenvalue weighted by Gasteiger charge is 2.12. The van der Waals surface area contributed by atoms with Gasteiger partial charge in [-0.1, -0.05) is 24.3 Å². The van der Waals surface area contributed by atoms with Gasteiger partial charge in [-0.3, -0.25) is 9.48 Å². The summed E-state index contributed by atoms with van der Waals surface area (Å²) in [5, 5.41) is 15.6. The number of esters is 1. The van der Waals surface area contributed by atoms with E-state index in [4.69, 9.17) is 10.00 Å². The molecule has 1 aromatic heterocycles. The van der Waals surface area contributed by atoms with Gasteiger partial charge >= 0.3 is 5.97 Å². The molecule has 146 valence electrons. The van der Waals surface area contributed by atoms with Crippen LogP contribution in [0, 0.1) is 11.3 Å². The lowest BCUT2D eigenvalue weighted by Gasteiger charge is -2.10. The van der Waals surface area contributed by atoms with E-state index < -0.39 is 18.5 Å². The second-order valence-electron chi connectivity index (χ2n) is 5.97. The SMILES string of the molecule is N#CCSc1ccccc1NC(=O)COC(=O)c1ccc(Cn2cccn2)cc1. The lowest BCUT2D eigenvalue weighted by molar-refractivity contribution is -0.119. The third-order valence-electron chi connectivity index (χ3n) is 3.88. The van der Waals surface area contributed by atoms with E-state index in [-0.39, 0.29) is 5.75 Å². The zero-order chi connectivity index (χ0) is 20.5. The average molecular weight is 406 g/mol. The normalized spacial score (nSPS) is 10.2. The van der Waals surface area contributed by atoms with Gasteiger partial charge in [0.15, 0.2) is 6.61 Å². The van der Waals surface area contributed by atoms with Crippen LogP contribution >= 0.6 is 11.8 Å². The van der Waals surface area contributed by atoms with Crippen molar-refractivity contribution in [2.45, 2.75) is 11.4 Å². The van der Waals surface area contributed by atoms with E-state index in [0.717, 1.165) is 10.5 Å². The number of nitrogens with zero attached hydrogens (tertiary/aromatic N) is 3. The topological polar surface area (TPSA) is 97.0 Å². The third kappa shape index (κ3) is 5.96. The van der Waals surface area contributed by atoms with Gasteiger partial charge in [-0.05, 0) is 35.9 Å². The summed E-state index contributed by atoms with van der Waals surface area (Å²) in [5.41, 5.74) is 1.94. The van der Waals surface area contributed by atoms with Crippen LogP contribution in [0.5, 0.6) is 0 Å². The molecule has 1 amide bonds. The first-order chi connectivity index (χ1) is 14.2. The van der Waals surface area contributed by atoms with Gasteiger partial charge in [0.05, 0.1) is 29.6 Å². The number of aromatic nitrogens is 2. The summed E-state index contributed by atoms with van der Waals surface area (Å²) in [5.74, 6) is -0.741. The summed E-state index contributed by atoms with van der Waals surface area (Å²) in [6.45, 7) is 0.207. The van der Waals surface area contributed by atoms with Gasteiger partial charge in [-0.2, -0.15) is 10.4 Å². The minimum atomic E-state index is -0.571. The van der Waals surface area contributed by atoms with Crippen molar-refractivity contribution in [3.8, 4) is 6.07 Å². The van der Waals surface area contributed by atoms with Crippen molar-refractivity contribution in [1.82, 2.24) is 9.78 Å². The fourth-order valence-electron chi connectivity index (χ4n) is 2.53. The molecule has 8 heteroatoms. The second kappa shape index (κ2) is 10.1. The Balaban J connectivity index is 1.51. The van der Waals surface area contributed by atoms with Crippen molar-refractivity contribution in [2.24, 2.45) is 0 Å². The van der Waals surface area contributed by atoms with E-state index >= 15 is 0 Å². The highest BCUT2D eigenvalue weighted by Crippen LogP contribution is 2.26. The predicted octanol–water partition coefficient (Wildman–Crippen LogP) is 3.34. The highest BCUT2D eigenvalue weighted by molar-refractivity contribution is 7.99. The third-order valence-corrected chi connectivity index (χ3v) is 4.82. The van der Waals surface area contributed by atoms with Crippen molar-refractivity contribution >= 4 is 29.3 Å². The number of carbonyl (C=O) groups is 2. The number of amides is 1. The van der Waals surface area contributed by atoms with Crippen molar-refractivity contribution < 1.29 is 14.3 Å². The number of para-hydroxylation sites is 1. The Labute approximate surface area is 172 Å². The Kier molecular flexibility index (Phi) is 7.03. The van der Waals surface area contributed by atoms with Crippen molar-refractivity contribution in [3.05, 3.63) is 78.1 Å². The number of thioether (sulfide) groups is 1. The number of rotatable bonds is 8. The molecule has 1 N–H and O–H groups in total. The van der Waals surface area contributed by atoms with Crippen LogP contribution in [0.4, 0.5) is 5.69 Å². The van der Waals surface area contributed by atoms with Gasteiger partial charge in [-0.25, -0.2) is 4.79 Å². The Morgan fingerprint density at radius 1 is 1.14 bits per heavy atom. The smallest absolute Gasteiger partial charge is 0.338 e. The monoisotopic (exact) mass is 406 g/mol. The molecule has 7 nitrogen and oxygen atoms in total. The molecule has 0 saturated carbocycles. The first-order valence-electron chi connectivity index (χ1n) is 8.78. The van der Waals surface area contributed by atoms with Crippen LogP contribution in [0.3, 0.4) is 0 Å². The molecule has 0 spiro atoms. The summed E-state index contributed by atoms with van der Waals surface area (Å²) < 4.78 is 6.88. The van der Waals surface area contributed by atoms with E-state index in [2.05, 4.69) is 10.4 Å². The van der Waals surface area contributed by atoms with E-state index in [1.54, 1.807) is 35.1 Å². The quantitative estimate of drug-likeness (QED) is 0.455. The number of nitrogens with one attached hydrogen (secondary N) is 1. The van der Waals surface area contributed by atoms with E-state index in [0.29, 0.717) is 17.8 Å². The Morgan fingerprint density at radius 3 is 2.66 bits per heavy atom. The van der Waals surface area contributed by atoms with Crippen molar-refractivity contribution in [1.29, 1.82) is 5.26 Å². The maximum atomic E-state index is 12.2. The van der Waals surface area contributed by atoms with E-state index in [9.17, 15) is 9.59 Å². The second-order valence-corrected chi connectivity index (χ2v) is 6.98. The maximum absolute atomic E-state index is 12.2. The fraction of sp³-hybridized carbons (Fsp3) is 0.143. The molecule has 3 rings (SSSR count). The zero-order valence-corrected chi connectivity index (χ0v) is 16.3. The lowest BCUT2D eigenvalue weighted by Crippen LogP contribution is -2.21. The molecular weight excluding hydrogens is 388 g/mol. The zero-order valence-electron chi connectivity index (χ0n) is 15.4. The molecule has 2 aromatic carbocycles. The fourth-order valence-corrected chi connectivity index (χ4v) is 3.20. The molecule has 0 aliphatic rings. The minimum Gasteiger partial charge on any atom is -0.452 e. The van der Waals surface area contributed by atoms with Gasteiger partial charge in [0.2, 0.25) is 0 Å². The Hall–Kier alpha value is -3.57. The molecule has 3 aromatic rings. The largest absolute Gasteiger partial charge is 0.452 e. The van der Waals surface area contributed by atoms with Crippen LogP contribution in [-0.2, 0) is 16.1 Å². The van der Waals surface area contributed by atoms with Crippen molar-refractivity contribution in [2.75, 3.05) is 17.7 Å². The summed E-state index contributed by atoms with van der Waals surface area (Å²) in [7, 11) is 0. The van der Waals surface area contributed by atoms with Crippen LogP contribution in [0.25, 0.3) is 0 Å². The van der Waals surface area contributed by atoms with Crippen molar-refractivity contribution in [3.63, 3.8) is 0 Å². The van der Waals surface area contributed by atoms with Crippen LogP contribution in [0.1, 0.15) is 15.9 Å². The van der Waals surface area contributed by atoms with E-state index in [1.807, 2.05) is 42.6 Å². The van der Waals surface area contributed by atoms with Gasteiger partial charge < -0.3 is 10.1 Å². The van der Waals surface area contributed by atoms with Gasteiger partial charge in [-0.15, -0.1) is 11.8 Å². The number of nitriles is 1. The van der Waals surface area contributed by atoms with Gasteiger partial charge in [0, 0.05) is 17.3 Å². The summed E-state index contributed by atoms with van der Waals surface area (Å²) in [6, 6.07) is 18.0. The summed E-state index contributed by atoms with van der Waals surface area (Å²) >= 11 is 1.32. The number of anilines is 1. The van der Waals surface area contributed by atoms with Gasteiger partial charge in [0.25, 0.3) is 5.91 Å². The first kappa shape index (κ1) is 20.2. The number of hydrogen-bond donors (Lipinski definition) is 1. The molecule has 0 unspecified atom stereocenters. The van der Waals surface area contributed by atoms with Crippen LogP contribution in [0.15, 0.2) is 71.9 Å². The number of hydrogen-bond acceptors (Lipinski definition) is 6. The summed E-state index contributed by atoms with van der Waals surface area (Å²) in [4.78, 5) is 25.1. The number of ether oxygens (including phenoxy) is 1. The molecule has 1 heterocycles. The maximum Gasteiger partial charge on any atom is 0.338 e.